The predicted molar refractivity (Wildman–Crippen MR) is 92.6 cm³/mol. The van der Waals surface area contributed by atoms with Crippen LogP contribution in [-0.4, -0.2) is 55.5 Å². The fraction of sp³-hybridized carbons (Fsp3) is 0.562. The van der Waals surface area contributed by atoms with Gasteiger partial charge in [-0.2, -0.15) is 4.31 Å². The molecule has 0 aromatic heterocycles. The van der Waals surface area contributed by atoms with Gasteiger partial charge in [0.2, 0.25) is 10.0 Å². The van der Waals surface area contributed by atoms with E-state index < -0.39 is 21.7 Å². The van der Waals surface area contributed by atoms with Gasteiger partial charge in [0.15, 0.2) is 0 Å². The lowest BCUT2D eigenvalue weighted by Gasteiger charge is -2.35. The molecule has 0 spiro atoms. The van der Waals surface area contributed by atoms with Gasteiger partial charge in [-0.3, -0.25) is 0 Å². The highest BCUT2D eigenvalue weighted by molar-refractivity contribution is 7.89. The zero-order chi connectivity index (χ0) is 18.0. The number of sulfonamides is 1. The van der Waals surface area contributed by atoms with Crippen LogP contribution < -0.4 is 0 Å². The smallest absolute Gasteiger partial charge is 0.410 e. The second kappa shape index (κ2) is 7.29. The van der Waals surface area contributed by atoms with Crippen LogP contribution in [0.2, 0.25) is 0 Å². The van der Waals surface area contributed by atoms with E-state index in [1.165, 1.54) is 9.21 Å². The van der Waals surface area contributed by atoms with Crippen molar-refractivity contribution in [3.63, 3.8) is 0 Å². The zero-order valence-electron chi connectivity index (χ0n) is 14.2. The first-order valence-corrected chi connectivity index (χ1v) is 9.74. The Hall–Kier alpha value is -1.31. The van der Waals surface area contributed by atoms with Gasteiger partial charge in [-0.15, -0.1) is 11.6 Å². The number of rotatable bonds is 3. The summed E-state index contributed by atoms with van der Waals surface area (Å²) in [7, 11) is -3.56. The van der Waals surface area contributed by atoms with Gasteiger partial charge in [0.05, 0.1) is 4.90 Å². The van der Waals surface area contributed by atoms with Crippen LogP contribution in [0.3, 0.4) is 0 Å². The van der Waals surface area contributed by atoms with Gasteiger partial charge in [-0.1, -0.05) is 12.1 Å². The maximum Gasteiger partial charge on any atom is 0.410 e. The minimum Gasteiger partial charge on any atom is -0.444 e. The Morgan fingerprint density at radius 3 is 2.12 bits per heavy atom. The molecule has 1 aliphatic heterocycles. The molecule has 8 heteroatoms. The average molecular weight is 375 g/mol. The largest absolute Gasteiger partial charge is 0.444 e. The summed E-state index contributed by atoms with van der Waals surface area (Å²) in [5.74, 6) is 0.342. The Morgan fingerprint density at radius 1 is 1.12 bits per heavy atom. The van der Waals surface area contributed by atoms with Crippen molar-refractivity contribution < 1.29 is 17.9 Å². The molecule has 0 bridgehead atoms. The minimum absolute atomic E-state index is 0.238. The standard InChI is InChI=1S/C16H23ClN2O4S/c1-16(2,3)23-15(20)18-8-10-19(11-9-18)24(21,22)14-6-4-13(12-17)5-7-14/h4-7H,8-12H2,1-3H3. The SMILES string of the molecule is CC(C)(C)OC(=O)N1CCN(S(=O)(=O)c2ccc(CCl)cc2)CC1. The fourth-order valence-electron chi connectivity index (χ4n) is 2.34. The van der Waals surface area contributed by atoms with Crippen molar-refractivity contribution in [1.29, 1.82) is 0 Å². The summed E-state index contributed by atoms with van der Waals surface area (Å²) in [6.45, 7) is 6.53. The van der Waals surface area contributed by atoms with Crippen molar-refractivity contribution in [3.05, 3.63) is 29.8 Å². The van der Waals surface area contributed by atoms with Crippen LogP contribution in [0.25, 0.3) is 0 Å². The Balaban J connectivity index is 2.01. The highest BCUT2D eigenvalue weighted by Gasteiger charge is 2.31. The molecule has 1 aromatic carbocycles. The molecule has 6 nitrogen and oxygen atoms in total. The van der Waals surface area contributed by atoms with Gasteiger partial charge in [0, 0.05) is 32.1 Å². The highest BCUT2D eigenvalue weighted by atomic mass is 35.5. The summed E-state index contributed by atoms with van der Waals surface area (Å²) >= 11 is 5.72. The molecule has 134 valence electrons. The molecule has 0 radical (unpaired) electrons. The Labute approximate surface area is 148 Å². The molecule has 24 heavy (non-hydrogen) atoms. The summed E-state index contributed by atoms with van der Waals surface area (Å²) in [4.78, 5) is 13.8. The molecule has 1 heterocycles. The second-order valence-electron chi connectivity index (χ2n) is 6.65. The van der Waals surface area contributed by atoms with Gasteiger partial charge < -0.3 is 9.64 Å². The number of hydrogen-bond acceptors (Lipinski definition) is 4. The highest BCUT2D eigenvalue weighted by Crippen LogP contribution is 2.20. The first-order valence-electron chi connectivity index (χ1n) is 7.76. The molecule has 1 fully saturated rings. The summed E-state index contributed by atoms with van der Waals surface area (Å²) < 4.78 is 32.0. The number of carbonyl (C=O) groups is 1. The first-order chi connectivity index (χ1) is 11.1. The molecule has 1 saturated heterocycles. The number of halogens is 1. The summed E-state index contributed by atoms with van der Waals surface area (Å²) in [6, 6.07) is 6.54. The van der Waals surface area contributed by atoms with Crippen LogP contribution in [0, 0.1) is 0 Å². The number of carbonyl (C=O) groups excluding carboxylic acids is 1. The maximum atomic E-state index is 12.7. The fourth-order valence-corrected chi connectivity index (χ4v) is 3.94. The van der Waals surface area contributed by atoms with E-state index in [4.69, 9.17) is 16.3 Å². The topological polar surface area (TPSA) is 66.9 Å². The third kappa shape index (κ3) is 4.62. The van der Waals surface area contributed by atoms with Crippen LogP contribution in [0.4, 0.5) is 4.79 Å². The van der Waals surface area contributed by atoms with Gasteiger partial charge in [0.25, 0.3) is 0 Å². The lowest BCUT2D eigenvalue weighted by Crippen LogP contribution is -2.51. The molecule has 0 aliphatic carbocycles. The molecule has 0 atom stereocenters. The number of hydrogen-bond donors (Lipinski definition) is 0. The lowest BCUT2D eigenvalue weighted by molar-refractivity contribution is 0.0192. The van der Waals surface area contributed by atoms with E-state index in [1.54, 1.807) is 45.0 Å². The summed E-state index contributed by atoms with van der Waals surface area (Å²) in [6.07, 6.45) is -0.411. The van der Waals surface area contributed by atoms with Crippen LogP contribution >= 0.6 is 11.6 Å². The van der Waals surface area contributed by atoms with Crippen molar-refractivity contribution in [2.75, 3.05) is 26.2 Å². The number of nitrogens with zero attached hydrogens (tertiary/aromatic N) is 2. The number of piperazine rings is 1. The van der Waals surface area contributed by atoms with E-state index in [1.807, 2.05) is 0 Å². The van der Waals surface area contributed by atoms with E-state index in [0.29, 0.717) is 19.0 Å². The quantitative estimate of drug-likeness (QED) is 0.763. The number of ether oxygens (including phenoxy) is 1. The van der Waals surface area contributed by atoms with E-state index in [-0.39, 0.29) is 18.0 Å². The Morgan fingerprint density at radius 2 is 1.67 bits per heavy atom. The molecule has 0 saturated carbocycles. The van der Waals surface area contributed by atoms with E-state index in [2.05, 4.69) is 0 Å². The van der Waals surface area contributed by atoms with Crippen LogP contribution in [-0.2, 0) is 20.6 Å². The molecule has 0 N–H and O–H groups in total. The molecule has 0 unspecified atom stereocenters. The third-order valence-electron chi connectivity index (χ3n) is 3.61. The Bertz CT molecular complexity index is 675. The third-order valence-corrected chi connectivity index (χ3v) is 5.83. The van der Waals surface area contributed by atoms with Crippen molar-refractivity contribution in [3.8, 4) is 0 Å². The number of benzene rings is 1. The maximum absolute atomic E-state index is 12.7. The van der Waals surface area contributed by atoms with Crippen LogP contribution in [0.1, 0.15) is 26.3 Å². The first kappa shape index (κ1) is 19.0. The van der Waals surface area contributed by atoms with Gasteiger partial charge >= 0.3 is 6.09 Å². The van der Waals surface area contributed by atoms with E-state index >= 15 is 0 Å². The molecule has 1 amide bonds. The molecule has 2 rings (SSSR count). The van der Waals surface area contributed by atoms with Gasteiger partial charge in [-0.25, -0.2) is 13.2 Å². The van der Waals surface area contributed by atoms with Crippen LogP contribution in [0.15, 0.2) is 29.2 Å². The van der Waals surface area contributed by atoms with E-state index in [0.717, 1.165) is 5.56 Å². The summed E-state index contributed by atoms with van der Waals surface area (Å²) in [5.41, 5.74) is 0.301. The molecular weight excluding hydrogens is 352 g/mol. The van der Waals surface area contributed by atoms with Gasteiger partial charge in [0.1, 0.15) is 5.60 Å². The van der Waals surface area contributed by atoms with Crippen LogP contribution in [0.5, 0.6) is 0 Å². The second-order valence-corrected chi connectivity index (χ2v) is 8.85. The predicted octanol–water partition coefficient (Wildman–Crippen LogP) is 2.67. The summed E-state index contributed by atoms with van der Waals surface area (Å²) in [5, 5.41) is 0. The lowest BCUT2D eigenvalue weighted by atomic mass is 10.2. The monoisotopic (exact) mass is 374 g/mol. The number of alkyl halides is 1. The number of amides is 1. The van der Waals surface area contributed by atoms with Gasteiger partial charge in [-0.05, 0) is 38.5 Å². The van der Waals surface area contributed by atoms with Crippen molar-refractivity contribution in [1.82, 2.24) is 9.21 Å². The molecule has 1 aromatic rings. The van der Waals surface area contributed by atoms with E-state index in [9.17, 15) is 13.2 Å². The molecule has 1 aliphatic rings. The van der Waals surface area contributed by atoms with Crippen molar-refractivity contribution in [2.45, 2.75) is 37.1 Å². The zero-order valence-corrected chi connectivity index (χ0v) is 15.7. The minimum atomic E-state index is -3.56. The Kier molecular flexibility index (Phi) is 5.78. The molecular formula is C16H23ClN2O4S. The normalized spacial score (nSPS) is 16.9. The van der Waals surface area contributed by atoms with Crippen molar-refractivity contribution >= 4 is 27.7 Å². The van der Waals surface area contributed by atoms with Crippen molar-refractivity contribution in [2.24, 2.45) is 0 Å². The average Bonchev–Trinajstić information content (AvgIpc) is 2.53.